The highest BCUT2D eigenvalue weighted by molar-refractivity contribution is 5.18. The third-order valence-electron chi connectivity index (χ3n) is 4.70. The zero-order chi connectivity index (χ0) is 13.9. The van der Waals surface area contributed by atoms with Crippen LogP contribution in [-0.4, -0.2) is 36.1 Å². The molecule has 3 heteroatoms. The Labute approximate surface area is 118 Å². The van der Waals surface area contributed by atoms with Crippen LogP contribution >= 0.6 is 0 Å². The average molecular weight is 263 g/mol. The van der Waals surface area contributed by atoms with Crippen LogP contribution in [0.15, 0.2) is 0 Å². The molecule has 1 N–H and O–H groups in total. The van der Waals surface area contributed by atoms with Gasteiger partial charge in [0.05, 0.1) is 6.07 Å². The van der Waals surface area contributed by atoms with Crippen molar-refractivity contribution in [3.63, 3.8) is 0 Å². The Morgan fingerprint density at radius 3 is 2.42 bits per heavy atom. The summed E-state index contributed by atoms with van der Waals surface area (Å²) in [7, 11) is 0. The highest BCUT2D eigenvalue weighted by atomic mass is 15.2. The maximum absolute atomic E-state index is 9.76. The largest absolute Gasteiger partial charge is 0.300 e. The van der Waals surface area contributed by atoms with Crippen LogP contribution in [0.2, 0.25) is 0 Å². The molecule has 2 saturated carbocycles. The molecule has 0 aromatic carbocycles. The van der Waals surface area contributed by atoms with Crippen molar-refractivity contribution in [3.05, 3.63) is 0 Å². The van der Waals surface area contributed by atoms with E-state index in [1.807, 2.05) is 0 Å². The van der Waals surface area contributed by atoms with E-state index in [1.165, 1.54) is 32.1 Å². The molecule has 0 aliphatic heterocycles. The fourth-order valence-electron chi connectivity index (χ4n) is 2.85. The van der Waals surface area contributed by atoms with Gasteiger partial charge in [0.1, 0.15) is 5.54 Å². The van der Waals surface area contributed by atoms with E-state index >= 15 is 0 Å². The predicted octanol–water partition coefficient (Wildman–Crippen LogP) is 2.78. The van der Waals surface area contributed by atoms with Gasteiger partial charge in [0, 0.05) is 19.1 Å². The van der Waals surface area contributed by atoms with Crippen molar-refractivity contribution in [3.8, 4) is 6.07 Å². The van der Waals surface area contributed by atoms with Gasteiger partial charge in [-0.05, 0) is 44.1 Å². The first-order chi connectivity index (χ1) is 9.13. The Morgan fingerprint density at radius 2 is 2.00 bits per heavy atom. The monoisotopic (exact) mass is 263 g/mol. The van der Waals surface area contributed by atoms with Crippen LogP contribution in [0.3, 0.4) is 0 Å². The predicted molar refractivity (Wildman–Crippen MR) is 78.8 cm³/mol. The second-order valence-corrected chi connectivity index (χ2v) is 6.62. The first-order valence-electron chi connectivity index (χ1n) is 8.04. The lowest BCUT2D eigenvalue weighted by Crippen LogP contribution is -2.55. The lowest BCUT2D eigenvalue weighted by Gasteiger charge is -2.35. The fraction of sp³-hybridized carbons (Fsp3) is 0.938. The standard InChI is InChI=1S/C16H29N3/c1-4-13(3)10-19(5-2)12-16(11-17,14-6-7-14)18-15-8-9-15/h13-15,18H,4-10,12H2,1-3H3. The second kappa shape index (κ2) is 6.24. The number of nitriles is 1. The summed E-state index contributed by atoms with van der Waals surface area (Å²) in [6.07, 6.45) is 6.19. The Hall–Kier alpha value is -0.590. The van der Waals surface area contributed by atoms with Gasteiger partial charge in [0.15, 0.2) is 0 Å². The van der Waals surface area contributed by atoms with Crippen LogP contribution in [0.1, 0.15) is 52.9 Å². The van der Waals surface area contributed by atoms with E-state index in [-0.39, 0.29) is 5.54 Å². The Bertz CT molecular complexity index is 327. The van der Waals surface area contributed by atoms with Gasteiger partial charge in [-0.1, -0.05) is 27.2 Å². The number of nitrogens with zero attached hydrogens (tertiary/aromatic N) is 2. The van der Waals surface area contributed by atoms with Crippen molar-refractivity contribution in [2.24, 2.45) is 11.8 Å². The smallest absolute Gasteiger partial charge is 0.122 e. The van der Waals surface area contributed by atoms with Crippen molar-refractivity contribution in [1.29, 1.82) is 5.26 Å². The molecule has 0 amide bonds. The van der Waals surface area contributed by atoms with Crippen molar-refractivity contribution < 1.29 is 0 Å². The van der Waals surface area contributed by atoms with E-state index in [2.05, 4.69) is 37.1 Å². The molecule has 0 radical (unpaired) electrons. The van der Waals surface area contributed by atoms with Gasteiger partial charge in [-0.3, -0.25) is 5.32 Å². The molecule has 2 aliphatic rings. The molecule has 0 aromatic rings. The third-order valence-corrected chi connectivity index (χ3v) is 4.70. The zero-order valence-electron chi connectivity index (χ0n) is 12.8. The Morgan fingerprint density at radius 1 is 1.32 bits per heavy atom. The molecule has 2 fully saturated rings. The van der Waals surface area contributed by atoms with Gasteiger partial charge < -0.3 is 4.90 Å². The topological polar surface area (TPSA) is 39.1 Å². The summed E-state index contributed by atoms with van der Waals surface area (Å²) in [5.41, 5.74) is -0.273. The number of rotatable bonds is 9. The van der Waals surface area contributed by atoms with E-state index in [4.69, 9.17) is 0 Å². The molecule has 0 bridgehead atoms. The number of hydrogen-bond donors (Lipinski definition) is 1. The zero-order valence-corrected chi connectivity index (χ0v) is 12.8. The summed E-state index contributed by atoms with van der Waals surface area (Å²) in [5.74, 6) is 1.31. The molecule has 2 atom stereocenters. The SMILES string of the molecule is CCC(C)CN(CC)CC(C#N)(NC1CC1)C1CC1. The van der Waals surface area contributed by atoms with Gasteiger partial charge in [0.2, 0.25) is 0 Å². The maximum atomic E-state index is 9.76. The molecule has 0 spiro atoms. The molecule has 0 heterocycles. The highest BCUT2D eigenvalue weighted by Crippen LogP contribution is 2.41. The van der Waals surface area contributed by atoms with Gasteiger partial charge in [-0.15, -0.1) is 0 Å². The van der Waals surface area contributed by atoms with Crippen LogP contribution in [-0.2, 0) is 0 Å². The highest BCUT2D eigenvalue weighted by Gasteiger charge is 2.48. The third kappa shape index (κ3) is 3.94. The van der Waals surface area contributed by atoms with Gasteiger partial charge in [-0.2, -0.15) is 5.26 Å². The maximum Gasteiger partial charge on any atom is 0.122 e. The minimum Gasteiger partial charge on any atom is -0.300 e. The Kier molecular flexibility index (Phi) is 4.86. The average Bonchev–Trinajstić information content (AvgIpc) is 3.28. The van der Waals surface area contributed by atoms with Crippen molar-refractivity contribution in [2.75, 3.05) is 19.6 Å². The molecule has 3 nitrogen and oxygen atoms in total. The van der Waals surface area contributed by atoms with Crippen LogP contribution in [0.25, 0.3) is 0 Å². The van der Waals surface area contributed by atoms with Crippen molar-refractivity contribution in [1.82, 2.24) is 10.2 Å². The molecule has 2 unspecified atom stereocenters. The van der Waals surface area contributed by atoms with Crippen LogP contribution in [0.5, 0.6) is 0 Å². The normalized spacial score (nSPS) is 23.9. The Balaban J connectivity index is 1.98. The molecule has 0 saturated heterocycles. The fourth-order valence-corrected chi connectivity index (χ4v) is 2.85. The summed E-state index contributed by atoms with van der Waals surface area (Å²) in [4.78, 5) is 2.48. The van der Waals surface area contributed by atoms with E-state index in [9.17, 15) is 5.26 Å². The van der Waals surface area contributed by atoms with Crippen LogP contribution < -0.4 is 5.32 Å². The molecular weight excluding hydrogens is 234 g/mol. The summed E-state index contributed by atoms with van der Waals surface area (Å²) < 4.78 is 0. The van der Waals surface area contributed by atoms with Crippen LogP contribution in [0.4, 0.5) is 0 Å². The molecule has 2 rings (SSSR count). The minimum absolute atomic E-state index is 0.273. The first kappa shape index (κ1) is 14.8. The van der Waals surface area contributed by atoms with E-state index in [0.29, 0.717) is 12.0 Å². The summed E-state index contributed by atoms with van der Waals surface area (Å²) in [6, 6.07) is 3.27. The summed E-state index contributed by atoms with van der Waals surface area (Å²) in [6.45, 7) is 9.85. The number of likely N-dealkylation sites (N-methyl/N-ethyl adjacent to an activating group) is 1. The molecule has 0 aromatic heterocycles. The van der Waals surface area contributed by atoms with Crippen molar-refractivity contribution in [2.45, 2.75) is 64.5 Å². The summed E-state index contributed by atoms with van der Waals surface area (Å²) >= 11 is 0. The van der Waals surface area contributed by atoms with E-state index in [1.54, 1.807) is 0 Å². The molecular formula is C16H29N3. The minimum atomic E-state index is -0.273. The second-order valence-electron chi connectivity index (χ2n) is 6.62. The van der Waals surface area contributed by atoms with E-state index < -0.39 is 0 Å². The first-order valence-corrected chi connectivity index (χ1v) is 8.04. The summed E-state index contributed by atoms with van der Waals surface area (Å²) in [5, 5.41) is 13.4. The lowest BCUT2D eigenvalue weighted by atomic mass is 9.93. The number of nitrogens with one attached hydrogen (secondary N) is 1. The van der Waals surface area contributed by atoms with Gasteiger partial charge in [0.25, 0.3) is 0 Å². The van der Waals surface area contributed by atoms with Gasteiger partial charge in [-0.25, -0.2) is 0 Å². The molecule has 108 valence electrons. The molecule has 2 aliphatic carbocycles. The quantitative estimate of drug-likeness (QED) is 0.695. The number of hydrogen-bond acceptors (Lipinski definition) is 3. The van der Waals surface area contributed by atoms with Crippen molar-refractivity contribution >= 4 is 0 Å². The van der Waals surface area contributed by atoms with Crippen LogP contribution in [0, 0.1) is 23.2 Å². The molecule has 19 heavy (non-hydrogen) atoms. The lowest BCUT2D eigenvalue weighted by molar-refractivity contribution is 0.179. The van der Waals surface area contributed by atoms with Gasteiger partial charge >= 0.3 is 0 Å². The van der Waals surface area contributed by atoms with E-state index in [0.717, 1.165) is 25.6 Å².